The highest BCUT2D eigenvalue weighted by molar-refractivity contribution is 6.34. The van der Waals surface area contributed by atoms with Crippen molar-refractivity contribution in [2.24, 2.45) is 5.92 Å². The smallest absolute Gasteiger partial charge is 0.338 e. The second kappa shape index (κ2) is 9.33. The summed E-state index contributed by atoms with van der Waals surface area (Å²) in [6, 6.07) is 8.65. The molecule has 0 aromatic heterocycles. The fraction of sp³-hybridized carbons (Fsp3) is 0.409. The number of carbonyl (C=O) groups is 1. The van der Waals surface area contributed by atoms with Gasteiger partial charge in [-0.05, 0) is 87.2 Å². The third-order valence-electron chi connectivity index (χ3n) is 5.45. The van der Waals surface area contributed by atoms with E-state index in [0.29, 0.717) is 22.2 Å². The Hall–Kier alpha value is -1.82. The van der Waals surface area contributed by atoms with Gasteiger partial charge < -0.3 is 9.84 Å². The number of benzene rings is 2. The molecule has 0 amide bonds. The molecule has 1 N–H and O–H groups in total. The molecule has 1 heterocycles. The van der Waals surface area contributed by atoms with Crippen LogP contribution in [0.5, 0.6) is 5.75 Å². The molecule has 0 spiro atoms. The summed E-state index contributed by atoms with van der Waals surface area (Å²) in [4.78, 5) is 13.5. The van der Waals surface area contributed by atoms with Crippen molar-refractivity contribution >= 4 is 29.2 Å². The number of hydrogen-bond acceptors (Lipinski definition) is 3. The maximum Gasteiger partial charge on any atom is 0.338 e. The number of halogens is 3. The van der Waals surface area contributed by atoms with Crippen LogP contribution in [0.3, 0.4) is 0 Å². The molecule has 156 valence electrons. The average Bonchev–Trinajstić information content (AvgIpc) is 2.67. The van der Waals surface area contributed by atoms with E-state index < -0.39 is 11.8 Å². The Balaban J connectivity index is 1.57. The van der Waals surface area contributed by atoms with Crippen LogP contribution < -0.4 is 4.74 Å². The lowest BCUT2D eigenvalue weighted by atomic mass is 9.95. The zero-order valence-corrected chi connectivity index (χ0v) is 17.9. The lowest BCUT2D eigenvalue weighted by Crippen LogP contribution is -2.37. The summed E-state index contributed by atoms with van der Waals surface area (Å²) in [5, 5.41) is 10.4. The van der Waals surface area contributed by atoms with Gasteiger partial charge in [0.2, 0.25) is 0 Å². The lowest BCUT2D eigenvalue weighted by Gasteiger charge is -2.36. The van der Waals surface area contributed by atoms with E-state index in [1.54, 1.807) is 19.1 Å². The highest BCUT2D eigenvalue weighted by Gasteiger charge is 2.25. The van der Waals surface area contributed by atoms with Crippen molar-refractivity contribution in [1.29, 1.82) is 0 Å². The van der Waals surface area contributed by atoms with E-state index in [0.717, 1.165) is 31.5 Å². The van der Waals surface area contributed by atoms with Crippen LogP contribution >= 0.6 is 23.2 Å². The number of aryl methyl sites for hydroxylation is 1. The first-order valence-electron chi connectivity index (χ1n) is 9.61. The van der Waals surface area contributed by atoms with Gasteiger partial charge in [0.25, 0.3) is 0 Å². The second-order valence-corrected chi connectivity index (χ2v) is 8.47. The minimum absolute atomic E-state index is 0.00627. The lowest BCUT2D eigenvalue weighted by molar-refractivity contribution is 0.0689. The molecular formula is C22H24Cl2FNO3. The Morgan fingerprint density at radius 2 is 1.83 bits per heavy atom. The summed E-state index contributed by atoms with van der Waals surface area (Å²) in [5.41, 5.74) is 1.38. The molecule has 7 heteroatoms. The predicted octanol–water partition coefficient (Wildman–Crippen LogP) is 5.99. The Kier molecular flexibility index (Phi) is 7.04. The molecule has 1 unspecified atom stereocenters. The molecule has 0 bridgehead atoms. The highest BCUT2D eigenvalue weighted by Crippen LogP contribution is 2.31. The number of ether oxygens (including phenoxy) is 1. The van der Waals surface area contributed by atoms with Crippen molar-refractivity contribution in [2.45, 2.75) is 32.7 Å². The molecule has 1 aliphatic rings. The first kappa shape index (κ1) is 21.9. The number of nitrogens with zero attached hydrogens (tertiary/aromatic N) is 1. The Bertz CT molecular complexity index is 878. The van der Waals surface area contributed by atoms with Gasteiger partial charge in [0.05, 0.1) is 12.2 Å². The third-order valence-corrected chi connectivity index (χ3v) is 5.89. The molecule has 1 atom stereocenters. The summed E-state index contributed by atoms with van der Waals surface area (Å²) >= 11 is 12.2. The first-order chi connectivity index (χ1) is 13.7. The molecule has 1 saturated heterocycles. The number of rotatable bonds is 6. The summed E-state index contributed by atoms with van der Waals surface area (Å²) < 4.78 is 20.0. The number of likely N-dealkylation sites (tertiary alicyclic amines) is 1. The van der Waals surface area contributed by atoms with Crippen LogP contribution in [0.15, 0.2) is 30.3 Å². The number of piperidine rings is 1. The van der Waals surface area contributed by atoms with Gasteiger partial charge in [0.15, 0.2) is 11.6 Å². The van der Waals surface area contributed by atoms with Crippen LogP contribution in [0.1, 0.15) is 47.3 Å². The van der Waals surface area contributed by atoms with Crippen molar-refractivity contribution in [3.8, 4) is 5.75 Å². The summed E-state index contributed by atoms with van der Waals surface area (Å²) in [6.07, 6.45) is 1.83. The molecule has 2 aromatic rings. The maximum absolute atomic E-state index is 14.3. The van der Waals surface area contributed by atoms with Crippen LogP contribution in [0.2, 0.25) is 10.0 Å². The highest BCUT2D eigenvalue weighted by atomic mass is 35.5. The largest absolute Gasteiger partial charge is 0.490 e. The molecule has 29 heavy (non-hydrogen) atoms. The van der Waals surface area contributed by atoms with Gasteiger partial charge in [-0.25, -0.2) is 9.18 Å². The molecule has 3 rings (SSSR count). The van der Waals surface area contributed by atoms with Gasteiger partial charge in [-0.2, -0.15) is 0 Å². The first-order valence-corrected chi connectivity index (χ1v) is 10.4. The maximum atomic E-state index is 14.3. The molecule has 1 aliphatic heterocycles. The molecule has 0 saturated carbocycles. The van der Waals surface area contributed by atoms with Crippen molar-refractivity contribution in [3.63, 3.8) is 0 Å². The van der Waals surface area contributed by atoms with Gasteiger partial charge >= 0.3 is 5.97 Å². The zero-order chi connectivity index (χ0) is 21.1. The number of aromatic carboxylic acids is 1. The summed E-state index contributed by atoms with van der Waals surface area (Å²) in [6.45, 7) is 5.99. The van der Waals surface area contributed by atoms with E-state index in [2.05, 4.69) is 11.8 Å². The molecule has 0 aliphatic carbocycles. The van der Waals surface area contributed by atoms with Crippen LogP contribution in [-0.2, 0) is 0 Å². The fourth-order valence-electron chi connectivity index (χ4n) is 3.74. The normalized spacial score (nSPS) is 16.6. The van der Waals surface area contributed by atoms with E-state index >= 15 is 0 Å². The Morgan fingerprint density at radius 1 is 1.21 bits per heavy atom. The van der Waals surface area contributed by atoms with Crippen LogP contribution in [-0.4, -0.2) is 35.7 Å². The van der Waals surface area contributed by atoms with Gasteiger partial charge in [-0.15, -0.1) is 0 Å². The molecule has 4 nitrogen and oxygen atoms in total. The van der Waals surface area contributed by atoms with Gasteiger partial charge in [0.1, 0.15) is 0 Å². The Morgan fingerprint density at radius 3 is 2.41 bits per heavy atom. The van der Waals surface area contributed by atoms with Crippen molar-refractivity contribution in [2.75, 3.05) is 19.7 Å². The van der Waals surface area contributed by atoms with Crippen LogP contribution in [0.4, 0.5) is 4.39 Å². The van der Waals surface area contributed by atoms with Gasteiger partial charge in [-0.1, -0.05) is 23.2 Å². The van der Waals surface area contributed by atoms with E-state index in [9.17, 15) is 9.18 Å². The molecular weight excluding hydrogens is 416 g/mol. The second-order valence-electron chi connectivity index (χ2n) is 7.60. The molecule has 1 fully saturated rings. The van der Waals surface area contributed by atoms with E-state index in [1.807, 2.05) is 12.1 Å². The van der Waals surface area contributed by atoms with Crippen LogP contribution in [0, 0.1) is 18.7 Å². The molecule has 0 radical (unpaired) electrons. The minimum atomic E-state index is -1.29. The monoisotopic (exact) mass is 439 g/mol. The van der Waals surface area contributed by atoms with Crippen molar-refractivity contribution < 1.29 is 19.0 Å². The van der Waals surface area contributed by atoms with E-state index in [1.165, 1.54) is 6.07 Å². The van der Waals surface area contributed by atoms with Crippen LogP contribution in [0.25, 0.3) is 0 Å². The summed E-state index contributed by atoms with van der Waals surface area (Å²) in [7, 11) is 0. The van der Waals surface area contributed by atoms with Crippen molar-refractivity contribution in [3.05, 3.63) is 62.9 Å². The van der Waals surface area contributed by atoms with E-state index in [4.69, 9.17) is 33.0 Å². The zero-order valence-electron chi connectivity index (χ0n) is 16.4. The molecule has 2 aromatic carbocycles. The topological polar surface area (TPSA) is 49.8 Å². The van der Waals surface area contributed by atoms with Gasteiger partial charge in [0, 0.05) is 16.1 Å². The fourth-order valence-corrected chi connectivity index (χ4v) is 4.28. The summed E-state index contributed by atoms with van der Waals surface area (Å²) in [5.74, 6) is -1.81. The quantitative estimate of drug-likeness (QED) is 0.600. The van der Waals surface area contributed by atoms with Crippen molar-refractivity contribution in [1.82, 2.24) is 4.90 Å². The third kappa shape index (κ3) is 5.41. The van der Waals surface area contributed by atoms with E-state index in [-0.39, 0.29) is 23.3 Å². The predicted molar refractivity (Wildman–Crippen MR) is 113 cm³/mol. The van der Waals surface area contributed by atoms with Gasteiger partial charge in [-0.3, -0.25) is 4.90 Å². The standard InChI is InChI=1S/C22H24Cl2FNO3/c1-13-7-19(22(27)28)21(25)20(8-13)29-12-15-3-5-26(6-4-15)14(2)16-9-17(23)11-18(24)10-16/h7-11,14-15H,3-6,12H2,1-2H3,(H,27,28). The SMILES string of the molecule is Cc1cc(OCC2CCN(C(C)c3cc(Cl)cc(Cl)c3)CC2)c(F)c(C(=O)O)c1. The Labute approximate surface area is 180 Å². The number of carboxylic acids is 1. The number of hydrogen-bond donors (Lipinski definition) is 1. The minimum Gasteiger partial charge on any atom is -0.490 e. The number of carboxylic acid groups (broad SMARTS) is 1. The average molecular weight is 440 g/mol.